The third kappa shape index (κ3) is 1.88. The molecule has 1 saturated heterocycles. The summed E-state index contributed by atoms with van der Waals surface area (Å²) < 4.78 is 5.18. The highest BCUT2D eigenvalue weighted by molar-refractivity contribution is 5.76. The molecule has 0 spiro atoms. The van der Waals surface area contributed by atoms with Crippen LogP contribution in [0.25, 0.3) is 0 Å². The van der Waals surface area contributed by atoms with Crippen LogP contribution < -0.4 is 15.4 Å². The van der Waals surface area contributed by atoms with Crippen molar-refractivity contribution in [2.24, 2.45) is 0 Å². The van der Waals surface area contributed by atoms with Gasteiger partial charge in [-0.15, -0.1) is 0 Å². The predicted octanol–water partition coefficient (Wildman–Crippen LogP) is 1.36. The number of benzene rings is 1. The summed E-state index contributed by atoms with van der Waals surface area (Å²) in [7, 11) is 1.65. The van der Waals surface area contributed by atoms with Crippen molar-refractivity contribution < 1.29 is 9.53 Å². The molecule has 0 radical (unpaired) electrons. The van der Waals surface area contributed by atoms with Crippen molar-refractivity contribution >= 4 is 6.03 Å². The maximum Gasteiger partial charge on any atom is 0.315 e. The van der Waals surface area contributed by atoms with Crippen LogP contribution in [0.15, 0.2) is 18.2 Å². The van der Waals surface area contributed by atoms with Gasteiger partial charge in [-0.05, 0) is 24.1 Å². The smallest absolute Gasteiger partial charge is 0.315 e. The number of carbonyl (C=O) groups excluding carboxylic acids is 1. The van der Waals surface area contributed by atoms with Gasteiger partial charge in [0, 0.05) is 6.54 Å². The molecule has 1 fully saturated rings. The molecular weight excluding hydrogens is 192 g/mol. The first-order chi connectivity index (χ1) is 7.20. The zero-order chi connectivity index (χ0) is 10.8. The Labute approximate surface area is 88.6 Å². The number of carbonyl (C=O) groups is 1. The lowest BCUT2D eigenvalue weighted by molar-refractivity contribution is 0.247. The van der Waals surface area contributed by atoms with Crippen molar-refractivity contribution in [2.75, 3.05) is 13.7 Å². The molecule has 2 rings (SSSR count). The fourth-order valence-electron chi connectivity index (χ4n) is 1.77. The molecule has 4 heteroatoms. The Hall–Kier alpha value is -1.71. The van der Waals surface area contributed by atoms with Gasteiger partial charge in [0.1, 0.15) is 5.75 Å². The Bertz CT molecular complexity index is 390. The van der Waals surface area contributed by atoms with Crippen LogP contribution in [0.3, 0.4) is 0 Å². The van der Waals surface area contributed by atoms with Crippen molar-refractivity contribution in [2.45, 2.75) is 13.0 Å². The van der Waals surface area contributed by atoms with Crippen LogP contribution in [0.4, 0.5) is 4.79 Å². The zero-order valence-corrected chi connectivity index (χ0v) is 8.83. The van der Waals surface area contributed by atoms with E-state index in [9.17, 15) is 4.79 Å². The van der Waals surface area contributed by atoms with E-state index in [1.807, 2.05) is 25.1 Å². The molecule has 1 aliphatic rings. The van der Waals surface area contributed by atoms with Crippen LogP contribution in [0.1, 0.15) is 17.2 Å². The number of aryl methyl sites for hydroxylation is 1. The van der Waals surface area contributed by atoms with Gasteiger partial charge in [0.2, 0.25) is 0 Å². The number of methoxy groups -OCH3 is 1. The quantitative estimate of drug-likeness (QED) is 0.767. The average Bonchev–Trinajstić information content (AvgIpc) is 2.65. The SMILES string of the molecule is COc1ccc([C@H]2CNC(=O)N2)cc1C. The van der Waals surface area contributed by atoms with Crippen LogP contribution >= 0.6 is 0 Å². The highest BCUT2D eigenvalue weighted by Gasteiger charge is 2.21. The molecule has 1 atom stereocenters. The van der Waals surface area contributed by atoms with E-state index < -0.39 is 0 Å². The Morgan fingerprint density at radius 1 is 1.47 bits per heavy atom. The van der Waals surface area contributed by atoms with Gasteiger partial charge in [-0.25, -0.2) is 4.79 Å². The highest BCUT2D eigenvalue weighted by Crippen LogP contribution is 2.23. The van der Waals surface area contributed by atoms with Crippen molar-refractivity contribution in [1.29, 1.82) is 0 Å². The molecule has 1 aliphatic heterocycles. The first-order valence-corrected chi connectivity index (χ1v) is 4.89. The summed E-state index contributed by atoms with van der Waals surface area (Å²) in [4.78, 5) is 11.0. The number of amides is 2. The summed E-state index contributed by atoms with van der Waals surface area (Å²) in [5.41, 5.74) is 2.18. The lowest BCUT2D eigenvalue weighted by Crippen LogP contribution is -2.21. The molecule has 0 aliphatic carbocycles. The summed E-state index contributed by atoms with van der Waals surface area (Å²) in [5.74, 6) is 0.871. The van der Waals surface area contributed by atoms with E-state index in [1.54, 1.807) is 7.11 Å². The van der Waals surface area contributed by atoms with Gasteiger partial charge in [0.25, 0.3) is 0 Å². The van der Waals surface area contributed by atoms with E-state index in [-0.39, 0.29) is 12.1 Å². The Morgan fingerprint density at radius 3 is 2.80 bits per heavy atom. The van der Waals surface area contributed by atoms with Crippen molar-refractivity contribution in [3.05, 3.63) is 29.3 Å². The van der Waals surface area contributed by atoms with Crippen LogP contribution in [0.2, 0.25) is 0 Å². The number of ether oxygens (including phenoxy) is 1. The summed E-state index contributed by atoms with van der Waals surface area (Å²) in [6, 6.07) is 5.91. The van der Waals surface area contributed by atoms with E-state index in [0.717, 1.165) is 16.9 Å². The molecule has 2 amide bonds. The fraction of sp³-hybridized carbons (Fsp3) is 0.364. The zero-order valence-electron chi connectivity index (χ0n) is 8.83. The normalized spacial score (nSPS) is 19.6. The minimum atomic E-state index is -0.103. The lowest BCUT2D eigenvalue weighted by atomic mass is 10.0. The maximum absolute atomic E-state index is 11.0. The van der Waals surface area contributed by atoms with E-state index in [4.69, 9.17) is 4.74 Å². The maximum atomic E-state index is 11.0. The lowest BCUT2D eigenvalue weighted by Gasteiger charge is -2.11. The molecule has 0 bridgehead atoms. The van der Waals surface area contributed by atoms with Gasteiger partial charge in [-0.1, -0.05) is 12.1 Å². The largest absolute Gasteiger partial charge is 0.496 e. The van der Waals surface area contributed by atoms with Crippen LogP contribution in [-0.2, 0) is 0 Å². The number of rotatable bonds is 2. The second kappa shape index (κ2) is 3.81. The third-order valence-corrected chi connectivity index (χ3v) is 2.59. The molecule has 4 nitrogen and oxygen atoms in total. The molecule has 1 heterocycles. The van der Waals surface area contributed by atoms with Crippen LogP contribution in [0, 0.1) is 6.92 Å². The summed E-state index contributed by atoms with van der Waals surface area (Å²) in [6.45, 7) is 2.64. The van der Waals surface area contributed by atoms with Gasteiger partial charge in [-0.2, -0.15) is 0 Å². The Morgan fingerprint density at radius 2 is 2.27 bits per heavy atom. The molecule has 80 valence electrons. The molecule has 15 heavy (non-hydrogen) atoms. The molecular formula is C11H14N2O2. The van der Waals surface area contributed by atoms with Crippen LogP contribution in [0.5, 0.6) is 5.75 Å². The predicted molar refractivity (Wildman–Crippen MR) is 57.0 cm³/mol. The summed E-state index contributed by atoms with van der Waals surface area (Å²) in [5, 5.41) is 5.58. The van der Waals surface area contributed by atoms with Gasteiger partial charge in [0.15, 0.2) is 0 Å². The first-order valence-electron chi connectivity index (χ1n) is 4.89. The van der Waals surface area contributed by atoms with Crippen molar-refractivity contribution in [1.82, 2.24) is 10.6 Å². The highest BCUT2D eigenvalue weighted by atomic mass is 16.5. The second-order valence-corrected chi connectivity index (χ2v) is 3.64. The molecule has 2 N–H and O–H groups in total. The van der Waals surface area contributed by atoms with E-state index in [0.29, 0.717) is 6.54 Å². The molecule has 0 saturated carbocycles. The Balaban J connectivity index is 2.22. The average molecular weight is 206 g/mol. The van der Waals surface area contributed by atoms with E-state index in [2.05, 4.69) is 10.6 Å². The van der Waals surface area contributed by atoms with Gasteiger partial charge >= 0.3 is 6.03 Å². The minimum Gasteiger partial charge on any atom is -0.496 e. The minimum absolute atomic E-state index is 0.0714. The third-order valence-electron chi connectivity index (χ3n) is 2.59. The molecule has 0 aromatic heterocycles. The topological polar surface area (TPSA) is 50.4 Å². The summed E-state index contributed by atoms with van der Waals surface area (Å²) >= 11 is 0. The number of urea groups is 1. The number of nitrogens with one attached hydrogen (secondary N) is 2. The van der Waals surface area contributed by atoms with Crippen molar-refractivity contribution in [3.8, 4) is 5.75 Å². The number of hydrogen-bond donors (Lipinski definition) is 2. The standard InChI is InChI=1S/C11H14N2O2/c1-7-5-8(3-4-10(7)15-2)9-6-12-11(14)13-9/h3-5,9H,6H2,1-2H3,(H2,12,13,14)/t9-/m1/s1. The molecule has 1 aromatic rings. The van der Waals surface area contributed by atoms with Crippen LogP contribution in [-0.4, -0.2) is 19.7 Å². The van der Waals surface area contributed by atoms with E-state index >= 15 is 0 Å². The van der Waals surface area contributed by atoms with Crippen molar-refractivity contribution in [3.63, 3.8) is 0 Å². The fourth-order valence-corrected chi connectivity index (χ4v) is 1.77. The van der Waals surface area contributed by atoms with Gasteiger partial charge in [0.05, 0.1) is 13.2 Å². The monoisotopic (exact) mass is 206 g/mol. The first kappa shape index (κ1) is 9.83. The second-order valence-electron chi connectivity index (χ2n) is 3.64. The van der Waals surface area contributed by atoms with Gasteiger partial charge in [-0.3, -0.25) is 0 Å². The Kier molecular flexibility index (Phi) is 2.49. The molecule has 1 aromatic carbocycles. The number of hydrogen-bond acceptors (Lipinski definition) is 2. The van der Waals surface area contributed by atoms with Gasteiger partial charge < -0.3 is 15.4 Å². The molecule has 0 unspecified atom stereocenters. The summed E-state index contributed by atoms with van der Waals surface area (Å²) in [6.07, 6.45) is 0. The van der Waals surface area contributed by atoms with E-state index in [1.165, 1.54) is 0 Å².